The first-order chi connectivity index (χ1) is 6.63. The lowest BCUT2D eigenvalue weighted by molar-refractivity contribution is 0.210. The van der Waals surface area contributed by atoms with Crippen LogP contribution < -0.4 is 10.5 Å². The van der Waals surface area contributed by atoms with Crippen molar-refractivity contribution < 1.29 is 4.74 Å². The van der Waals surface area contributed by atoms with Gasteiger partial charge in [0.1, 0.15) is 0 Å². The van der Waals surface area contributed by atoms with Crippen molar-refractivity contribution in [2.24, 2.45) is 0 Å². The molecule has 14 heavy (non-hydrogen) atoms. The van der Waals surface area contributed by atoms with E-state index in [1.165, 1.54) is 0 Å². The van der Waals surface area contributed by atoms with Gasteiger partial charge in [-0.2, -0.15) is 0 Å². The van der Waals surface area contributed by atoms with Gasteiger partial charge < -0.3 is 10.5 Å². The Morgan fingerprint density at radius 3 is 2.79 bits per heavy atom. The van der Waals surface area contributed by atoms with Crippen LogP contribution in [0.2, 0.25) is 0 Å². The molecule has 0 bridgehead atoms. The zero-order chi connectivity index (χ0) is 10.6. The van der Waals surface area contributed by atoms with Crippen molar-refractivity contribution in [3.05, 3.63) is 17.8 Å². The summed E-state index contributed by atoms with van der Waals surface area (Å²) in [7, 11) is 0. The average molecular weight is 194 g/mol. The molecule has 0 aliphatic rings. The van der Waals surface area contributed by atoms with Crippen LogP contribution in [0, 0.1) is 6.92 Å². The number of anilines is 1. The van der Waals surface area contributed by atoms with E-state index in [1.54, 1.807) is 0 Å². The van der Waals surface area contributed by atoms with Crippen LogP contribution in [0.15, 0.2) is 12.1 Å². The summed E-state index contributed by atoms with van der Waals surface area (Å²) >= 11 is 0. The maximum atomic E-state index is 5.73. The molecule has 0 fully saturated rings. The van der Waals surface area contributed by atoms with E-state index in [0.29, 0.717) is 11.6 Å². The molecular weight excluding hydrogens is 176 g/mol. The number of nitrogens with zero attached hydrogens (tertiary/aromatic N) is 1. The molecular formula is C11H18N2O. The van der Waals surface area contributed by atoms with Crippen molar-refractivity contribution >= 4 is 5.82 Å². The van der Waals surface area contributed by atoms with E-state index >= 15 is 0 Å². The third-order valence-corrected chi connectivity index (χ3v) is 2.05. The van der Waals surface area contributed by atoms with Gasteiger partial charge in [-0.25, -0.2) is 4.98 Å². The lowest BCUT2D eigenvalue weighted by atomic mass is 10.2. The van der Waals surface area contributed by atoms with Gasteiger partial charge in [0.25, 0.3) is 0 Å². The summed E-state index contributed by atoms with van der Waals surface area (Å²) in [4.78, 5) is 4.14. The molecule has 0 aliphatic carbocycles. The fourth-order valence-corrected chi connectivity index (χ4v) is 1.35. The number of nitrogens with two attached hydrogens (primary N) is 1. The highest BCUT2D eigenvalue weighted by Crippen LogP contribution is 2.21. The number of nitrogen functional groups attached to an aromatic ring is 1. The minimum atomic E-state index is 0.201. The van der Waals surface area contributed by atoms with Crippen LogP contribution in [0.5, 0.6) is 5.75 Å². The Kier molecular flexibility index (Phi) is 3.74. The molecule has 1 heterocycles. The summed E-state index contributed by atoms with van der Waals surface area (Å²) in [6.45, 7) is 6.09. The van der Waals surface area contributed by atoms with Crippen LogP contribution in [-0.4, -0.2) is 11.1 Å². The molecule has 0 aromatic carbocycles. The largest absolute Gasteiger partial charge is 0.487 e. The highest BCUT2D eigenvalue weighted by molar-refractivity contribution is 5.46. The monoisotopic (exact) mass is 194 g/mol. The Hall–Kier alpha value is -1.25. The Morgan fingerprint density at radius 2 is 2.21 bits per heavy atom. The van der Waals surface area contributed by atoms with Crippen LogP contribution in [0.3, 0.4) is 0 Å². The van der Waals surface area contributed by atoms with Crippen molar-refractivity contribution in [2.45, 2.75) is 39.7 Å². The van der Waals surface area contributed by atoms with E-state index in [9.17, 15) is 0 Å². The molecule has 3 nitrogen and oxygen atoms in total. The second-order valence-electron chi connectivity index (χ2n) is 3.55. The minimum Gasteiger partial charge on any atom is -0.487 e. The topological polar surface area (TPSA) is 48.1 Å². The Labute approximate surface area is 85.3 Å². The smallest absolute Gasteiger partial charge is 0.166 e. The zero-order valence-corrected chi connectivity index (χ0v) is 9.08. The molecule has 0 amide bonds. The standard InChI is InChI=1S/C11H18N2O/c1-4-5-9(3)14-10-7-6-8(2)13-11(10)12/h6-7,9H,4-5H2,1-3H3,(H2,12,13). The summed E-state index contributed by atoms with van der Waals surface area (Å²) in [5, 5.41) is 0. The van der Waals surface area contributed by atoms with Crippen LogP contribution >= 0.6 is 0 Å². The number of pyridine rings is 1. The van der Waals surface area contributed by atoms with Gasteiger partial charge in [-0.3, -0.25) is 0 Å². The Balaban J connectivity index is 2.67. The molecule has 1 aromatic heterocycles. The van der Waals surface area contributed by atoms with Gasteiger partial charge in [-0.15, -0.1) is 0 Å². The minimum absolute atomic E-state index is 0.201. The molecule has 1 rings (SSSR count). The molecule has 0 radical (unpaired) electrons. The first-order valence-corrected chi connectivity index (χ1v) is 5.03. The molecule has 0 aliphatic heterocycles. The first-order valence-electron chi connectivity index (χ1n) is 5.03. The van der Waals surface area contributed by atoms with Crippen molar-refractivity contribution in [3.63, 3.8) is 0 Å². The number of hydrogen-bond donors (Lipinski definition) is 1. The second-order valence-corrected chi connectivity index (χ2v) is 3.55. The predicted molar refractivity (Wildman–Crippen MR) is 58.4 cm³/mol. The fraction of sp³-hybridized carbons (Fsp3) is 0.545. The van der Waals surface area contributed by atoms with E-state index in [-0.39, 0.29) is 6.10 Å². The SMILES string of the molecule is CCCC(C)Oc1ccc(C)nc1N. The quantitative estimate of drug-likeness (QED) is 0.801. The predicted octanol–water partition coefficient (Wildman–Crippen LogP) is 2.54. The molecule has 0 spiro atoms. The number of aryl methyl sites for hydroxylation is 1. The van der Waals surface area contributed by atoms with Gasteiger partial charge in [0.05, 0.1) is 6.10 Å². The summed E-state index contributed by atoms with van der Waals surface area (Å²) in [5.74, 6) is 1.17. The van der Waals surface area contributed by atoms with Crippen LogP contribution in [0.1, 0.15) is 32.4 Å². The van der Waals surface area contributed by atoms with Gasteiger partial charge in [0.2, 0.25) is 0 Å². The van der Waals surface area contributed by atoms with Gasteiger partial charge in [0, 0.05) is 5.69 Å². The van der Waals surface area contributed by atoms with Crippen LogP contribution in [0.25, 0.3) is 0 Å². The Morgan fingerprint density at radius 1 is 1.50 bits per heavy atom. The molecule has 3 heteroatoms. The van der Waals surface area contributed by atoms with Crippen LogP contribution in [0.4, 0.5) is 5.82 Å². The van der Waals surface area contributed by atoms with Gasteiger partial charge in [-0.1, -0.05) is 13.3 Å². The molecule has 0 saturated carbocycles. The molecule has 2 N–H and O–H groups in total. The van der Waals surface area contributed by atoms with E-state index in [4.69, 9.17) is 10.5 Å². The van der Waals surface area contributed by atoms with E-state index in [1.807, 2.05) is 26.0 Å². The molecule has 78 valence electrons. The number of hydrogen-bond acceptors (Lipinski definition) is 3. The van der Waals surface area contributed by atoms with Crippen molar-refractivity contribution in [1.82, 2.24) is 4.98 Å². The van der Waals surface area contributed by atoms with E-state index in [2.05, 4.69) is 11.9 Å². The number of rotatable bonds is 4. The highest BCUT2D eigenvalue weighted by Gasteiger charge is 2.06. The van der Waals surface area contributed by atoms with Gasteiger partial charge in [0.15, 0.2) is 11.6 Å². The van der Waals surface area contributed by atoms with Gasteiger partial charge in [-0.05, 0) is 32.4 Å². The summed E-state index contributed by atoms with van der Waals surface area (Å²) < 4.78 is 5.65. The third-order valence-electron chi connectivity index (χ3n) is 2.05. The molecule has 0 saturated heterocycles. The van der Waals surface area contributed by atoms with Gasteiger partial charge >= 0.3 is 0 Å². The lowest BCUT2D eigenvalue weighted by Crippen LogP contribution is -2.12. The second kappa shape index (κ2) is 4.84. The molecule has 1 atom stereocenters. The Bertz CT molecular complexity index is 299. The zero-order valence-electron chi connectivity index (χ0n) is 9.08. The van der Waals surface area contributed by atoms with E-state index < -0.39 is 0 Å². The molecule has 1 aromatic rings. The van der Waals surface area contributed by atoms with Crippen molar-refractivity contribution in [1.29, 1.82) is 0 Å². The summed E-state index contributed by atoms with van der Waals surface area (Å²) in [5.41, 5.74) is 6.64. The first kappa shape index (κ1) is 10.8. The summed E-state index contributed by atoms with van der Waals surface area (Å²) in [6.07, 6.45) is 2.35. The summed E-state index contributed by atoms with van der Waals surface area (Å²) in [6, 6.07) is 3.79. The average Bonchev–Trinajstić information content (AvgIpc) is 2.10. The highest BCUT2D eigenvalue weighted by atomic mass is 16.5. The molecule has 1 unspecified atom stereocenters. The normalized spacial score (nSPS) is 12.5. The number of aromatic nitrogens is 1. The lowest BCUT2D eigenvalue weighted by Gasteiger charge is -2.14. The maximum Gasteiger partial charge on any atom is 0.166 e. The fourth-order valence-electron chi connectivity index (χ4n) is 1.35. The number of ether oxygens (including phenoxy) is 1. The maximum absolute atomic E-state index is 5.73. The van der Waals surface area contributed by atoms with Crippen LogP contribution in [-0.2, 0) is 0 Å². The van der Waals surface area contributed by atoms with E-state index in [0.717, 1.165) is 18.5 Å². The van der Waals surface area contributed by atoms with Crippen molar-refractivity contribution in [2.75, 3.05) is 5.73 Å². The third kappa shape index (κ3) is 2.91. The van der Waals surface area contributed by atoms with Crippen molar-refractivity contribution in [3.8, 4) is 5.75 Å².